The summed E-state index contributed by atoms with van der Waals surface area (Å²) in [5.41, 5.74) is 5.45. The van der Waals surface area contributed by atoms with E-state index in [2.05, 4.69) is 15.3 Å². The summed E-state index contributed by atoms with van der Waals surface area (Å²) < 4.78 is 0. The Bertz CT molecular complexity index is 462. The molecule has 6 nitrogen and oxygen atoms in total. The van der Waals surface area contributed by atoms with E-state index in [-0.39, 0.29) is 11.1 Å². The molecular weight excluding hydrogens is 242 g/mol. The van der Waals surface area contributed by atoms with Crippen molar-refractivity contribution in [3.8, 4) is 0 Å². The third-order valence-corrected chi connectivity index (χ3v) is 3.22. The summed E-state index contributed by atoms with van der Waals surface area (Å²) in [7, 11) is 0. The Balaban J connectivity index is 2.45. The third kappa shape index (κ3) is 1.88. The minimum absolute atomic E-state index is 0.0575. The van der Waals surface area contributed by atoms with Gasteiger partial charge in [-0.3, -0.25) is 4.79 Å². The molecule has 3 N–H and O–H groups in total. The number of hydrogen-bond acceptors (Lipinski definition) is 5. The van der Waals surface area contributed by atoms with Crippen molar-refractivity contribution in [3.05, 3.63) is 11.5 Å². The van der Waals surface area contributed by atoms with E-state index >= 15 is 0 Å². The predicted octanol–water partition coefficient (Wildman–Crippen LogP) is 0.427. The standard InChI is InChI=1S/C10H14ClN5O/c1-10(2)9(17)13-3-4-16(10)8-6(12)7(11)14-5-15-8/h5H,3-4,12H2,1-2H3,(H,13,17). The van der Waals surface area contributed by atoms with E-state index in [0.717, 1.165) is 0 Å². The van der Waals surface area contributed by atoms with Gasteiger partial charge in [0.2, 0.25) is 5.91 Å². The van der Waals surface area contributed by atoms with Crippen LogP contribution in [0.2, 0.25) is 5.15 Å². The molecule has 1 aromatic heterocycles. The van der Waals surface area contributed by atoms with Gasteiger partial charge in [-0.05, 0) is 13.8 Å². The molecule has 0 unspecified atom stereocenters. The summed E-state index contributed by atoms with van der Waals surface area (Å²) in [6, 6.07) is 0. The Kier molecular flexibility index (Phi) is 2.82. The monoisotopic (exact) mass is 255 g/mol. The smallest absolute Gasteiger partial charge is 0.245 e. The van der Waals surface area contributed by atoms with Crippen LogP contribution in [-0.2, 0) is 4.79 Å². The summed E-state index contributed by atoms with van der Waals surface area (Å²) in [5, 5.41) is 3.01. The van der Waals surface area contributed by atoms with E-state index in [0.29, 0.717) is 24.6 Å². The lowest BCUT2D eigenvalue weighted by molar-refractivity contribution is -0.126. The maximum atomic E-state index is 11.8. The van der Waals surface area contributed by atoms with Crippen LogP contribution in [0.4, 0.5) is 11.5 Å². The SMILES string of the molecule is CC1(C)C(=O)NCCN1c1ncnc(Cl)c1N. The largest absolute Gasteiger partial charge is 0.393 e. The molecule has 92 valence electrons. The molecule has 0 saturated carbocycles. The van der Waals surface area contributed by atoms with Gasteiger partial charge in [0.15, 0.2) is 11.0 Å². The first kappa shape index (κ1) is 11.9. The first-order chi connectivity index (χ1) is 7.94. The van der Waals surface area contributed by atoms with Gasteiger partial charge in [-0.2, -0.15) is 0 Å². The molecule has 0 bridgehead atoms. The van der Waals surface area contributed by atoms with Gasteiger partial charge in [-0.15, -0.1) is 0 Å². The molecule has 1 fully saturated rings. The summed E-state index contributed by atoms with van der Waals surface area (Å²) in [5.74, 6) is 0.447. The predicted molar refractivity (Wildman–Crippen MR) is 65.9 cm³/mol. The van der Waals surface area contributed by atoms with E-state index < -0.39 is 5.54 Å². The fraction of sp³-hybridized carbons (Fsp3) is 0.500. The average molecular weight is 256 g/mol. The van der Waals surface area contributed by atoms with Gasteiger partial charge < -0.3 is 16.0 Å². The fourth-order valence-corrected chi connectivity index (χ4v) is 1.98. The van der Waals surface area contributed by atoms with Gasteiger partial charge in [-0.25, -0.2) is 9.97 Å². The van der Waals surface area contributed by atoms with Crippen molar-refractivity contribution in [1.82, 2.24) is 15.3 Å². The van der Waals surface area contributed by atoms with Crippen molar-refractivity contribution in [1.29, 1.82) is 0 Å². The summed E-state index contributed by atoms with van der Waals surface area (Å²) in [6.07, 6.45) is 1.34. The van der Waals surface area contributed by atoms with Crippen LogP contribution in [-0.4, -0.2) is 34.5 Å². The Hall–Kier alpha value is -1.56. The lowest BCUT2D eigenvalue weighted by Crippen LogP contribution is -2.62. The third-order valence-electron chi connectivity index (χ3n) is 2.92. The molecule has 2 rings (SSSR count). The van der Waals surface area contributed by atoms with Crippen LogP contribution in [0.25, 0.3) is 0 Å². The van der Waals surface area contributed by atoms with E-state index in [4.69, 9.17) is 17.3 Å². The van der Waals surface area contributed by atoms with Gasteiger partial charge in [0, 0.05) is 13.1 Å². The second-order valence-electron chi connectivity index (χ2n) is 4.37. The van der Waals surface area contributed by atoms with Crippen molar-refractivity contribution in [2.24, 2.45) is 0 Å². The molecule has 0 radical (unpaired) electrons. The number of carbonyl (C=O) groups is 1. The van der Waals surface area contributed by atoms with Gasteiger partial charge >= 0.3 is 0 Å². The van der Waals surface area contributed by atoms with E-state index in [1.807, 2.05) is 18.7 Å². The number of amides is 1. The highest BCUT2D eigenvalue weighted by Crippen LogP contribution is 2.31. The number of nitrogen functional groups attached to an aromatic ring is 1. The zero-order valence-electron chi connectivity index (χ0n) is 9.70. The molecule has 17 heavy (non-hydrogen) atoms. The van der Waals surface area contributed by atoms with Gasteiger partial charge in [0.05, 0.1) is 0 Å². The highest BCUT2D eigenvalue weighted by atomic mass is 35.5. The molecule has 1 saturated heterocycles. The summed E-state index contributed by atoms with van der Waals surface area (Å²) >= 11 is 5.86. The topological polar surface area (TPSA) is 84.1 Å². The van der Waals surface area contributed by atoms with Crippen molar-refractivity contribution in [2.75, 3.05) is 23.7 Å². The number of piperazine rings is 1. The van der Waals surface area contributed by atoms with E-state index in [9.17, 15) is 4.79 Å². The number of nitrogens with two attached hydrogens (primary N) is 1. The fourth-order valence-electron chi connectivity index (χ4n) is 1.85. The summed E-state index contributed by atoms with van der Waals surface area (Å²) in [6.45, 7) is 4.83. The van der Waals surface area contributed by atoms with Crippen LogP contribution < -0.4 is 16.0 Å². The first-order valence-corrected chi connectivity index (χ1v) is 5.64. The molecular formula is C10H14ClN5O. The van der Waals surface area contributed by atoms with Crippen LogP contribution >= 0.6 is 11.6 Å². The second kappa shape index (κ2) is 4.03. The van der Waals surface area contributed by atoms with Crippen molar-refractivity contribution in [2.45, 2.75) is 19.4 Å². The quantitative estimate of drug-likeness (QED) is 0.711. The molecule has 1 amide bonds. The van der Waals surface area contributed by atoms with Gasteiger partial charge in [0.1, 0.15) is 17.6 Å². The van der Waals surface area contributed by atoms with Crippen LogP contribution in [0.5, 0.6) is 0 Å². The van der Waals surface area contributed by atoms with Crippen LogP contribution in [0.15, 0.2) is 6.33 Å². The number of hydrogen-bond donors (Lipinski definition) is 2. The Labute approximate surface area is 104 Å². The van der Waals surface area contributed by atoms with E-state index in [1.165, 1.54) is 6.33 Å². The second-order valence-corrected chi connectivity index (χ2v) is 4.73. The average Bonchev–Trinajstić information content (AvgIpc) is 2.27. The number of halogens is 1. The molecule has 1 aliphatic heterocycles. The van der Waals surface area contributed by atoms with Crippen molar-refractivity contribution < 1.29 is 4.79 Å². The maximum Gasteiger partial charge on any atom is 0.245 e. The van der Waals surface area contributed by atoms with E-state index in [1.54, 1.807) is 0 Å². The molecule has 0 aromatic carbocycles. The first-order valence-electron chi connectivity index (χ1n) is 5.26. The number of nitrogens with one attached hydrogen (secondary N) is 1. The van der Waals surface area contributed by atoms with Crippen molar-refractivity contribution in [3.63, 3.8) is 0 Å². The number of rotatable bonds is 1. The highest BCUT2D eigenvalue weighted by molar-refractivity contribution is 6.32. The van der Waals surface area contributed by atoms with Crippen LogP contribution in [0.1, 0.15) is 13.8 Å². The maximum absolute atomic E-state index is 11.8. The van der Waals surface area contributed by atoms with Crippen molar-refractivity contribution >= 4 is 29.0 Å². The van der Waals surface area contributed by atoms with Crippen LogP contribution in [0.3, 0.4) is 0 Å². The molecule has 1 aromatic rings. The van der Waals surface area contributed by atoms with Gasteiger partial charge in [0.25, 0.3) is 0 Å². The lowest BCUT2D eigenvalue weighted by atomic mass is 9.99. The molecule has 0 atom stereocenters. The minimum atomic E-state index is -0.704. The Morgan fingerprint density at radius 3 is 2.94 bits per heavy atom. The highest BCUT2D eigenvalue weighted by Gasteiger charge is 2.39. The molecule has 0 aliphatic carbocycles. The number of anilines is 2. The van der Waals surface area contributed by atoms with Gasteiger partial charge in [-0.1, -0.05) is 11.6 Å². The number of carbonyl (C=O) groups excluding carboxylic acids is 1. The zero-order chi connectivity index (χ0) is 12.6. The number of nitrogens with zero attached hydrogens (tertiary/aromatic N) is 3. The molecule has 7 heteroatoms. The summed E-state index contributed by atoms with van der Waals surface area (Å²) in [4.78, 5) is 21.6. The normalized spacial score (nSPS) is 19.0. The Morgan fingerprint density at radius 2 is 2.24 bits per heavy atom. The molecule has 0 spiro atoms. The lowest BCUT2D eigenvalue weighted by Gasteiger charge is -2.42. The molecule has 1 aliphatic rings. The Morgan fingerprint density at radius 1 is 1.53 bits per heavy atom. The molecule has 2 heterocycles. The number of aromatic nitrogens is 2. The minimum Gasteiger partial charge on any atom is -0.393 e. The van der Waals surface area contributed by atoms with Crippen LogP contribution in [0, 0.1) is 0 Å². The zero-order valence-corrected chi connectivity index (χ0v) is 10.5.